The third kappa shape index (κ3) is 5.09. The molecule has 1 unspecified atom stereocenters. The molecule has 0 bridgehead atoms. The average Bonchev–Trinajstić information content (AvgIpc) is 2.04. The van der Waals surface area contributed by atoms with Gasteiger partial charge in [0.1, 0.15) is 0 Å². The monoisotopic (exact) mass is 183 g/mol. The fourth-order valence-electron chi connectivity index (χ4n) is 1.47. The van der Waals surface area contributed by atoms with Crippen molar-refractivity contribution >= 4 is 0 Å². The molecule has 0 N–H and O–H groups in total. The van der Waals surface area contributed by atoms with Crippen LogP contribution in [0.4, 0.5) is 0 Å². The lowest BCUT2D eigenvalue weighted by atomic mass is 9.97. The van der Waals surface area contributed by atoms with Gasteiger partial charge in [-0.3, -0.25) is 0 Å². The SMILES string of the molecule is C=C(CCC(CC)N(C)C)C(C)C. The molecule has 13 heavy (non-hydrogen) atoms. The lowest BCUT2D eigenvalue weighted by molar-refractivity contribution is 0.270. The first-order chi connectivity index (χ1) is 5.99. The van der Waals surface area contributed by atoms with Crippen LogP contribution in [0.2, 0.25) is 0 Å². The summed E-state index contributed by atoms with van der Waals surface area (Å²) in [6, 6.07) is 0.718. The maximum absolute atomic E-state index is 4.10. The van der Waals surface area contributed by atoms with Crippen molar-refractivity contribution in [2.24, 2.45) is 5.92 Å². The Morgan fingerprint density at radius 1 is 1.31 bits per heavy atom. The highest BCUT2D eigenvalue weighted by Crippen LogP contribution is 2.17. The van der Waals surface area contributed by atoms with Gasteiger partial charge in [0, 0.05) is 6.04 Å². The summed E-state index contributed by atoms with van der Waals surface area (Å²) in [5.41, 5.74) is 1.39. The zero-order valence-electron chi connectivity index (χ0n) is 9.93. The van der Waals surface area contributed by atoms with E-state index in [-0.39, 0.29) is 0 Å². The standard InChI is InChI=1S/C12H25N/c1-7-12(13(5)6)9-8-11(4)10(2)3/h10,12H,4,7-9H2,1-3,5-6H3. The highest BCUT2D eigenvalue weighted by atomic mass is 15.1. The predicted molar refractivity (Wildman–Crippen MR) is 61.0 cm³/mol. The number of allylic oxidation sites excluding steroid dienone is 1. The van der Waals surface area contributed by atoms with Crippen LogP contribution < -0.4 is 0 Å². The number of hydrogen-bond donors (Lipinski definition) is 0. The molecule has 0 aromatic rings. The van der Waals surface area contributed by atoms with Gasteiger partial charge in [-0.1, -0.05) is 32.9 Å². The summed E-state index contributed by atoms with van der Waals surface area (Å²) < 4.78 is 0. The molecule has 0 aliphatic rings. The van der Waals surface area contributed by atoms with Crippen molar-refractivity contribution in [2.45, 2.75) is 46.1 Å². The third-order valence-corrected chi connectivity index (χ3v) is 2.82. The highest BCUT2D eigenvalue weighted by Gasteiger charge is 2.09. The van der Waals surface area contributed by atoms with Crippen LogP contribution in [0.3, 0.4) is 0 Å². The summed E-state index contributed by atoms with van der Waals surface area (Å²) >= 11 is 0. The van der Waals surface area contributed by atoms with E-state index in [0.29, 0.717) is 5.92 Å². The Kier molecular flexibility index (Phi) is 6.06. The van der Waals surface area contributed by atoms with Crippen molar-refractivity contribution in [1.29, 1.82) is 0 Å². The summed E-state index contributed by atoms with van der Waals surface area (Å²) in [5.74, 6) is 0.639. The Bertz CT molecular complexity index is 147. The molecule has 0 aliphatic heterocycles. The van der Waals surface area contributed by atoms with Gasteiger partial charge in [-0.2, -0.15) is 0 Å². The first-order valence-corrected chi connectivity index (χ1v) is 5.33. The number of hydrogen-bond acceptors (Lipinski definition) is 1. The van der Waals surface area contributed by atoms with E-state index in [4.69, 9.17) is 0 Å². The molecule has 0 spiro atoms. The maximum Gasteiger partial charge on any atom is 0.00895 e. The minimum absolute atomic E-state index is 0.639. The van der Waals surface area contributed by atoms with E-state index in [1.54, 1.807) is 0 Å². The Morgan fingerprint density at radius 3 is 2.15 bits per heavy atom. The fourth-order valence-corrected chi connectivity index (χ4v) is 1.47. The van der Waals surface area contributed by atoms with E-state index in [9.17, 15) is 0 Å². The van der Waals surface area contributed by atoms with E-state index >= 15 is 0 Å². The van der Waals surface area contributed by atoms with Crippen LogP contribution in [0.1, 0.15) is 40.0 Å². The van der Waals surface area contributed by atoms with Gasteiger partial charge >= 0.3 is 0 Å². The van der Waals surface area contributed by atoms with Crippen LogP contribution in [0.5, 0.6) is 0 Å². The van der Waals surface area contributed by atoms with Gasteiger partial charge in [0.2, 0.25) is 0 Å². The van der Waals surface area contributed by atoms with Gasteiger partial charge in [0.05, 0.1) is 0 Å². The molecular weight excluding hydrogens is 158 g/mol. The second kappa shape index (κ2) is 6.20. The van der Waals surface area contributed by atoms with Crippen molar-refractivity contribution in [3.8, 4) is 0 Å². The molecule has 0 aromatic carbocycles. The van der Waals surface area contributed by atoms with Crippen LogP contribution >= 0.6 is 0 Å². The first-order valence-electron chi connectivity index (χ1n) is 5.33. The summed E-state index contributed by atoms with van der Waals surface area (Å²) in [5, 5.41) is 0. The maximum atomic E-state index is 4.10. The molecule has 0 amide bonds. The van der Waals surface area contributed by atoms with Gasteiger partial charge in [-0.15, -0.1) is 0 Å². The molecule has 1 nitrogen and oxygen atoms in total. The van der Waals surface area contributed by atoms with Crippen LogP contribution in [-0.4, -0.2) is 25.0 Å². The zero-order chi connectivity index (χ0) is 10.4. The van der Waals surface area contributed by atoms with E-state index in [0.717, 1.165) is 6.04 Å². The molecule has 1 heteroatoms. The molecule has 0 aromatic heterocycles. The predicted octanol–water partition coefficient (Wildman–Crippen LogP) is 3.32. The Hall–Kier alpha value is -0.300. The molecule has 78 valence electrons. The molecule has 1 atom stereocenters. The largest absolute Gasteiger partial charge is 0.306 e. The van der Waals surface area contributed by atoms with E-state index < -0.39 is 0 Å². The van der Waals surface area contributed by atoms with Gasteiger partial charge in [-0.05, 0) is 39.3 Å². The fraction of sp³-hybridized carbons (Fsp3) is 0.833. The second-order valence-corrected chi connectivity index (χ2v) is 4.38. The van der Waals surface area contributed by atoms with Crippen LogP contribution in [-0.2, 0) is 0 Å². The quantitative estimate of drug-likeness (QED) is 0.571. The lowest BCUT2D eigenvalue weighted by Crippen LogP contribution is -2.27. The number of rotatable bonds is 6. The summed E-state index contributed by atoms with van der Waals surface area (Å²) in [4.78, 5) is 2.31. The summed E-state index contributed by atoms with van der Waals surface area (Å²) in [6.07, 6.45) is 3.66. The molecule has 0 saturated heterocycles. The summed E-state index contributed by atoms with van der Waals surface area (Å²) in [7, 11) is 4.32. The Balaban J connectivity index is 3.79. The molecule has 0 saturated carbocycles. The molecule has 0 rings (SSSR count). The smallest absolute Gasteiger partial charge is 0.00895 e. The van der Waals surface area contributed by atoms with Crippen molar-refractivity contribution in [3.05, 3.63) is 12.2 Å². The van der Waals surface area contributed by atoms with Crippen LogP contribution in [0.25, 0.3) is 0 Å². The zero-order valence-corrected chi connectivity index (χ0v) is 9.93. The van der Waals surface area contributed by atoms with Gasteiger partial charge in [0.15, 0.2) is 0 Å². The molecule has 0 aliphatic carbocycles. The average molecular weight is 183 g/mol. The molecular formula is C12H25N. The number of nitrogens with zero attached hydrogens (tertiary/aromatic N) is 1. The van der Waals surface area contributed by atoms with E-state index in [2.05, 4.69) is 46.3 Å². The third-order valence-electron chi connectivity index (χ3n) is 2.82. The normalized spacial score (nSPS) is 13.8. The van der Waals surface area contributed by atoms with Crippen LogP contribution in [0, 0.1) is 5.92 Å². The van der Waals surface area contributed by atoms with Gasteiger partial charge in [0.25, 0.3) is 0 Å². The van der Waals surface area contributed by atoms with Gasteiger partial charge < -0.3 is 4.90 Å². The van der Waals surface area contributed by atoms with Crippen molar-refractivity contribution in [2.75, 3.05) is 14.1 Å². The topological polar surface area (TPSA) is 3.24 Å². The van der Waals surface area contributed by atoms with Crippen molar-refractivity contribution in [1.82, 2.24) is 4.90 Å². The first kappa shape index (κ1) is 12.7. The second-order valence-electron chi connectivity index (χ2n) is 4.38. The van der Waals surface area contributed by atoms with Crippen molar-refractivity contribution in [3.63, 3.8) is 0 Å². The molecule has 0 fully saturated rings. The van der Waals surface area contributed by atoms with Gasteiger partial charge in [-0.25, -0.2) is 0 Å². The van der Waals surface area contributed by atoms with Crippen LogP contribution in [0.15, 0.2) is 12.2 Å². The molecule has 0 heterocycles. The van der Waals surface area contributed by atoms with Crippen molar-refractivity contribution < 1.29 is 0 Å². The Morgan fingerprint density at radius 2 is 1.85 bits per heavy atom. The highest BCUT2D eigenvalue weighted by molar-refractivity contribution is 4.97. The Labute approximate surface area is 83.8 Å². The summed E-state index contributed by atoms with van der Waals surface area (Å²) in [6.45, 7) is 10.8. The molecule has 0 radical (unpaired) electrons. The van der Waals surface area contributed by atoms with E-state index in [1.807, 2.05) is 0 Å². The minimum atomic E-state index is 0.639. The van der Waals surface area contributed by atoms with E-state index in [1.165, 1.54) is 24.8 Å². The lowest BCUT2D eigenvalue weighted by Gasteiger charge is -2.23. The minimum Gasteiger partial charge on any atom is -0.306 e.